The van der Waals surface area contributed by atoms with E-state index in [0.717, 1.165) is 24.1 Å². The Morgan fingerprint density at radius 2 is 2.05 bits per heavy atom. The second-order valence-corrected chi connectivity index (χ2v) is 5.43. The van der Waals surface area contributed by atoms with E-state index in [1.807, 2.05) is 14.0 Å². The standard InChI is InChI=1S/C14H21N3O3/c1-9-10(8-16-17(9)2)7-15-13(18)11-5-3-4-6-12(11)14(19)20/h8,11-12H,3-7H2,1-2H3,(H,15,18)(H,19,20)/t11-,12+/m0/s1. The van der Waals surface area contributed by atoms with Crippen molar-refractivity contribution in [2.45, 2.75) is 39.2 Å². The lowest BCUT2D eigenvalue weighted by atomic mass is 9.78. The Bertz CT molecular complexity index is 510. The summed E-state index contributed by atoms with van der Waals surface area (Å²) >= 11 is 0. The van der Waals surface area contributed by atoms with E-state index < -0.39 is 17.8 Å². The molecule has 1 aromatic heterocycles. The molecule has 1 aliphatic carbocycles. The van der Waals surface area contributed by atoms with Gasteiger partial charge in [-0.05, 0) is 19.8 Å². The lowest BCUT2D eigenvalue weighted by Gasteiger charge is -2.27. The normalized spacial score (nSPS) is 22.5. The predicted molar refractivity (Wildman–Crippen MR) is 72.9 cm³/mol. The van der Waals surface area contributed by atoms with Gasteiger partial charge in [0.2, 0.25) is 5.91 Å². The first-order chi connectivity index (χ1) is 9.50. The van der Waals surface area contributed by atoms with Crippen molar-refractivity contribution in [3.63, 3.8) is 0 Å². The summed E-state index contributed by atoms with van der Waals surface area (Å²) in [5, 5.41) is 16.2. The molecule has 6 nitrogen and oxygen atoms in total. The summed E-state index contributed by atoms with van der Waals surface area (Å²) in [5.41, 5.74) is 1.97. The van der Waals surface area contributed by atoms with E-state index in [1.54, 1.807) is 10.9 Å². The fourth-order valence-electron chi connectivity index (χ4n) is 2.77. The molecule has 1 fully saturated rings. The molecule has 2 rings (SSSR count). The molecule has 110 valence electrons. The second kappa shape index (κ2) is 6.07. The topological polar surface area (TPSA) is 84.2 Å². The zero-order valence-corrected chi connectivity index (χ0v) is 11.9. The highest BCUT2D eigenvalue weighted by Gasteiger charge is 2.35. The van der Waals surface area contributed by atoms with E-state index in [1.165, 1.54) is 0 Å². The average molecular weight is 279 g/mol. The minimum absolute atomic E-state index is 0.152. The molecule has 0 bridgehead atoms. The van der Waals surface area contributed by atoms with Crippen LogP contribution in [0.5, 0.6) is 0 Å². The van der Waals surface area contributed by atoms with Gasteiger partial charge in [0, 0.05) is 24.8 Å². The first-order valence-corrected chi connectivity index (χ1v) is 6.98. The average Bonchev–Trinajstić information content (AvgIpc) is 2.76. The van der Waals surface area contributed by atoms with E-state index in [0.29, 0.717) is 19.4 Å². The third kappa shape index (κ3) is 3.00. The summed E-state index contributed by atoms with van der Waals surface area (Å²) in [5.74, 6) is -1.96. The van der Waals surface area contributed by atoms with Crippen molar-refractivity contribution in [1.29, 1.82) is 0 Å². The van der Waals surface area contributed by atoms with Crippen molar-refractivity contribution < 1.29 is 14.7 Å². The molecule has 1 aliphatic rings. The molecule has 1 heterocycles. The number of aliphatic carboxylic acids is 1. The van der Waals surface area contributed by atoms with Gasteiger partial charge in [-0.15, -0.1) is 0 Å². The maximum Gasteiger partial charge on any atom is 0.307 e. The summed E-state index contributed by atoms with van der Waals surface area (Å²) in [7, 11) is 1.85. The van der Waals surface area contributed by atoms with Crippen LogP contribution < -0.4 is 5.32 Å². The van der Waals surface area contributed by atoms with Crippen LogP contribution in [0.4, 0.5) is 0 Å². The molecule has 0 spiro atoms. The van der Waals surface area contributed by atoms with Crippen molar-refractivity contribution in [2.24, 2.45) is 18.9 Å². The first-order valence-electron chi connectivity index (χ1n) is 6.98. The monoisotopic (exact) mass is 279 g/mol. The maximum atomic E-state index is 12.2. The van der Waals surface area contributed by atoms with E-state index in [-0.39, 0.29) is 5.91 Å². The third-order valence-corrected chi connectivity index (χ3v) is 4.21. The lowest BCUT2D eigenvalue weighted by Crippen LogP contribution is -2.39. The summed E-state index contributed by atoms with van der Waals surface area (Å²) in [6.07, 6.45) is 4.80. The highest BCUT2D eigenvalue weighted by molar-refractivity contribution is 5.84. The van der Waals surface area contributed by atoms with Gasteiger partial charge in [-0.2, -0.15) is 5.10 Å². The number of carboxylic acid groups (broad SMARTS) is 1. The quantitative estimate of drug-likeness (QED) is 0.868. The Morgan fingerprint density at radius 1 is 1.40 bits per heavy atom. The van der Waals surface area contributed by atoms with Crippen LogP contribution in [0.3, 0.4) is 0 Å². The Kier molecular flexibility index (Phi) is 4.42. The zero-order chi connectivity index (χ0) is 14.7. The van der Waals surface area contributed by atoms with Crippen molar-refractivity contribution in [2.75, 3.05) is 0 Å². The Labute approximate surface area is 118 Å². The number of hydrogen-bond donors (Lipinski definition) is 2. The number of carboxylic acids is 1. The number of aromatic nitrogens is 2. The second-order valence-electron chi connectivity index (χ2n) is 5.43. The highest BCUT2D eigenvalue weighted by Crippen LogP contribution is 2.30. The summed E-state index contributed by atoms with van der Waals surface area (Å²) in [6, 6.07) is 0. The van der Waals surface area contributed by atoms with Crippen LogP contribution in [0.2, 0.25) is 0 Å². The number of carbonyl (C=O) groups is 2. The minimum atomic E-state index is -0.859. The molecule has 0 saturated heterocycles. The number of nitrogens with zero attached hydrogens (tertiary/aromatic N) is 2. The molecule has 6 heteroatoms. The van der Waals surface area contributed by atoms with Crippen molar-refractivity contribution in [1.82, 2.24) is 15.1 Å². The summed E-state index contributed by atoms with van der Waals surface area (Å²) in [6.45, 7) is 2.34. The Hall–Kier alpha value is -1.85. The van der Waals surface area contributed by atoms with Gasteiger partial charge < -0.3 is 10.4 Å². The maximum absolute atomic E-state index is 12.2. The lowest BCUT2D eigenvalue weighted by molar-refractivity contribution is -0.148. The number of amides is 1. The van der Waals surface area contributed by atoms with Gasteiger partial charge in [0.15, 0.2) is 0 Å². The number of hydrogen-bond acceptors (Lipinski definition) is 3. The molecular weight excluding hydrogens is 258 g/mol. The van der Waals surface area contributed by atoms with Crippen LogP contribution in [-0.4, -0.2) is 26.8 Å². The molecule has 0 aliphatic heterocycles. The molecule has 20 heavy (non-hydrogen) atoms. The van der Waals surface area contributed by atoms with Gasteiger partial charge in [0.05, 0.1) is 18.0 Å². The number of rotatable bonds is 4. The number of nitrogens with one attached hydrogen (secondary N) is 1. The van der Waals surface area contributed by atoms with Gasteiger partial charge in [0.1, 0.15) is 0 Å². The van der Waals surface area contributed by atoms with Crippen molar-refractivity contribution in [3.05, 3.63) is 17.5 Å². The van der Waals surface area contributed by atoms with Gasteiger partial charge >= 0.3 is 5.97 Å². The van der Waals surface area contributed by atoms with Crippen molar-refractivity contribution in [3.8, 4) is 0 Å². The van der Waals surface area contributed by atoms with Gasteiger partial charge in [-0.25, -0.2) is 0 Å². The SMILES string of the molecule is Cc1c(CNC(=O)[C@H]2CCCC[C@H]2C(=O)O)cnn1C. The molecule has 2 N–H and O–H groups in total. The van der Waals surface area contributed by atoms with Crippen molar-refractivity contribution >= 4 is 11.9 Å². The van der Waals surface area contributed by atoms with Crippen LogP contribution in [-0.2, 0) is 23.2 Å². The largest absolute Gasteiger partial charge is 0.481 e. The highest BCUT2D eigenvalue weighted by atomic mass is 16.4. The van der Waals surface area contributed by atoms with Gasteiger partial charge in [0.25, 0.3) is 0 Å². The van der Waals surface area contributed by atoms with Crippen LogP contribution in [0, 0.1) is 18.8 Å². The summed E-state index contributed by atoms with van der Waals surface area (Å²) in [4.78, 5) is 23.4. The molecular formula is C14H21N3O3. The van der Waals surface area contributed by atoms with E-state index in [9.17, 15) is 14.7 Å². The Balaban J connectivity index is 1.96. The van der Waals surface area contributed by atoms with Crippen LogP contribution in [0.15, 0.2) is 6.20 Å². The number of carbonyl (C=O) groups excluding carboxylic acids is 1. The molecule has 1 amide bonds. The molecule has 0 unspecified atom stereocenters. The number of aryl methyl sites for hydroxylation is 1. The molecule has 2 atom stereocenters. The van der Waals surface area contributed by atoms with E-state index in [2.05, 4.69) is 10.4 Å². The van der Waals surface area contributed by atoms with Crippen LogP contribution in [0.25, 0.3) is 0 Å². The molecule has 1 aromatic rings. The van der Waals surface area contributed by atoms with E-state index >= 15 is 0 Å². The third-order valence-electron chi connectivity index (χ3n) is 4.21. The van der Waals surface area contributed by atoms with Gasteiger partial charge in [-0.3, -0.25) is 14.3 Å². The molecule has 0 radical (unpaired) electrons. The zero-order valence-electron chi connectivity index (χ0n) is 11.9. The van der Waals surface area contributed by atoms with Crippen LogP contribution >= 0.6 is 0 Å². The van der Waals surface area contributed by atoms with Gasteiger partial charge in [-0.1, -0.05) is 12.8 Å². The predicted octanol–water partition coefficient (Wildman–Crippen LogP) is 1.24. The fourth-order valence-corrected chi connectivity index (χ4v) is 2.77. The molecule has 1 saturated carbocycles. The fraction of sp³-hybridized carbons (Fsp3) is 0.643. The smallest absolute Gasteiger partial charge is 0.307 e. The first kappa shape index (κ1) is 14.6. The molecule has 0 aromatic carbocycles. The van der Waals surface area contributed by atoms with Crippen LogP contribution in [0.1, 0.15) is 36.9 Å². The summed E-state index contributed by atoms with van der Waals surface area (Å²) < 4.78 is 1.75. The minimum Gasteiger partial charge on any atom is -0.481 e. The Morgan fingerprint density at radius 3 is 2.60 bits per heavy atom. The van der Waals surface area contributed by atoms with E-state index in [4.69, 9.17) is 0 Å².